The monoisotopic (exact) mass is 440 g/mol. The minimum atomic E-state index is -0.176. The van der Waals surface area contributed by atoms with Crippen molar-refractivity contribution in [1.29, 1.82) is 0 Å². The van der Waals surface area contributed by atoms with Gasteiger partial charge in [-0.25, -0.2) is 0 Å². The molecule has 0 aliphatic heterocycles. The van der Waals surface area contributed by atoms with Crippen LogP contribution >= 0.6 is 39.3 Å². The molecular formula is C18H18BrClN2O2S. The first-order valence-corrected chi connectivity index (χ1v) is 9.68. The summed E-state index contributed by atoms with van der Waals surface area (Å²) in [4.78, 5) is 24.3. The molecule has 7 heteroatoms. The normalized spacial score (nSPS) is 10.4. The van der Waals surface area contributed by atoms with Gasteiger partial charge in [0.15, 0.2) is 0 Å². The molecule has 0 radical (unpaired) electrons. The number of anilines is 2. The molecule has 0 bridgehead atoms. The molecule has 0 saturated heterocycles. The van der Waals surface area contributed by atoms with Gasteiger partial charge in [-0.15, -0.1) is 11.8 Å². The van der Waals surface area contributed by atoms with Gasteiger partial charge in [-0.3, -0.25) is 9.59 Å². The van der Waals surface area contributed by atoms with Gasteiger partial charge in [0, 0.05) is 22.0 Å². The SMILES string of the molecule is CC(=O)Nc1ccc(NC(=O)CSc2cc(C)c(Br)cc2C)c(Cl)c1. The van der Waals surface area contributed by atoms with Crippen LogP contribution in [0.2, 0.25) is 5.02 Å². The summed E-state index contributed by atoms with van der Waals surface area (Å²) in [6.45, 7) is 5.46. The highest BCUT2D eigenvalue weighted by molar-refractivity contribution is 9.10. The Kier molecular flexibility index (Phi) is 6.93. The molecule has 2 aromatic rings. The van der Waals surface area contributed by atoms with Crippen LogP contribution in [0, 0.1) is 13.8 Å². The number of carbonyl (C=O) groups is 2. The number of thioether (sulfide) groups is 1. The van der Waals surface area contributed by atoms with Gasteiger partial charge in [-0.2, -0.15) is 0 Å². The van der Waals surface area contributed by atoms with Crippen LogP contribution in [0.25, 0.3) is 0 Å². The number of hydrogen-bond donors (Lipinski definition) is 2. The minimum absolute atomic E-state index is 0.140. The van der Waals surface area contributed by atoms with Gasteiger partial charge in [0.05, 0.1) is 16.5 Å². The summed E-state index contributed by atoms with van der Waals surface area (Å²) in [6, 6.07) is 9.08. The highest BCUT2D eigenvalue weighted by atomic mass is 79.9. The van der Waals surface area contributed by atoms with Crippen molar-refractivity contribution in [3.8, 4) is 0 Å². The van der Waals surface area contributed by atoms with Gasteiger partial charge in [0.25, 0.3) is 0 Å². The fraction of sp³-hybridized carbons (Fsp3) is 0.222. The fourth-order valence-electron chi connectivity index (χ4n) is 2.14. The van der Waals surface area contributed by atoms with Gasteiger partial charge in [0.2, 0.25) is 11.8 Å². The van der Waals surface area contributed by atoms with E-state index < -0.39 is 0 Å². The maximum atomic E-state index is 12.2. The van der Waals surface area contributed by atoms with Crippen molar-refractivity contribution >= 4 is 62.5 Å². The van der Waals surface area contributed by atoms with E-state index >= 15 is 0 Å². The third-order valence-electron chi connectivity index (χ3n) is 3.38. The minimum Gasteiger partial charge on any atom is -0.326 e. The van der Waals surface area contributed by atoms with E-state index in [1.165, 1.54) is 18.7 Å². The Morgan fingerprint density at radius 3 is 2.48 bits per heavy atom. The van der Waals surface area contributed by atoms with Crippen molar-refractivity contribution in [2.75, 3.05) is 16.4 Å². The van der Waals surface area contributed by atoms with E-state index in [0.29, 0.717) is 16.4 Å². The smallest absolute Gasteiger partial charge is 0.234 e. The average molecular weight is 442 g/mol. The number of halogens is 2. The lowest BCUT2D eigenvalue weighted by molar-refractivity contribution is -0.114. The quantitative estimate of drug-likeness (QED) is 0.610. The van der Waals surface area contributed by atoms with E-state index in [-0.39, 0.29) is 17.6 Å². The summed E-state index contributed by atoms with van der Waals surface area (Å²) in [5.74, 6) is -0.0327. The van der Waals surface area contributed by atoms with Gasteiger partial charge in [0.1, 0.15) is 0 Å². The van der Waals surface area contributed by atoms with E-state index in [1.54, 1.807) is 18.2 Å². The molecule has 0 fully saturated rings. The van der Waals surface area contributed by atoms with E-state index in [2.05, 4.69) is 32.6 Å². The first kappa shape index (κ1) is 19.8. The average Bonchev–Trinajstić information content (AvgIpc) is 2.51. The lowest BCUT2D eigenvalue weighted by Gasteiger charge is -2.11. The molecule has 2 amide bonds. The molecule has 4 nitrogen and oxygen atoms in total. The molecule has 0 aromatic heterocycles. The highest BCUT2D eigenvalue weighted by Crippen LogP contribution is 2.29. The van der Waals surface area contributed by atoms with Gasteiger partial charge >= 0.3 is 0 Å². The second-order valence-electron chi connectivity index (χ2n) is 5.58. The molecule has 0 aliphatic carbocycles. The van der Waals surface area contributed by atoms with Crippen LogP contribution < -0.4 is 10.6 Å². The third-order valence-corrected chi connectivity index (χ3v) is 5.70. The zero-order valence-electron chi connectivity index (χ0n) is 14.1. The van der Waals surface area contributed by atoms with Crippen LogP contribution in [0.5, 0.6) is 0 Å². The fourth-order valence-corrected chi connectivity index (χ4v) is 3.73. The maximum Gasteiger partial charge on any atom is 0.234 e. The summed E-state index contributed by atoms with van der Waals surface area (Å²) >= 11 is 11.1. The van der Waals surface area contributed by atoms with Gasteiger partial charge < -0.3 is 10.6 Å². The molecule has 132 valence electrons. The molecule has 2 rings (SSSR count). The lowest BCUT2D eigenvalue weighted by atomic mass is 10.2. The molecule has 0 saturated carbocycles. The van der Waals surface area contributed by atoms with Crippen molar-refractivity contribution in [3.63, 3.8) is 0 Å². The first-order chi connectivity index (χ1) is 11.8. The molecule has 25 heavy (non-hydrogen) atoms. The number of nitrogens with one attached hydrogen (secondary N) is 2. The molecular weight excluding hydrogens is 424 g/mol. The third kappa shape index (κ3) is 5.76. The van der Waals surface area contributed by atoms with Crippen LogP contribution in [0.15, 0.2) is 39.7 Å². The van der Waals surface area contributed by atoms with E-state index in [4.69, 9.17) is 11.6 Å². The molecule has 0 aliphatic rings. The number of amides is 2. The van der Waals surface area contributed by atoms with Crippen molar-refractivity contribution in [2.24, 2.45) is 0 Å². The van der Waals surface area contributed by atoms with Crippen molar-refractivity contribution < 1.29 is 9.59 Å². The zero-order valence-corrected chi connectivity index (χ0v) is 17.2. The number of aryl methyl sites for hydroxylation is 2. The van der Waals surface area contributed by atoms with E-state index in [1.807, 2.05) is 19.9 Å². The molecule has 2 N–H and O–H groups in total. The first-order valence-electron chi connectivity index (χ1n) is 7.53. The Morgan fingerprint density at radius 2 is 1.84 bits per heavy atom. The molecule has 0 unspecified atom stereocenters. The number of rotatable bonds is 5. The van der Waals surface area contributed by atoms with E-state index in [0.717, 1.165) is 20.5 Å². The predicted molar refractivity (Wildman–Crippen MR) is 109 cm³/mol. The Morgan fingerprint density at radius 1 is 1.12 bits per heavy atom. The topological polar surface area (TPSA) is 58.2 Å². The molecule has 2 aromatic carbocycles. The van der Waals surface area contributed by atoms with Crippen LogP contribution in [-0.2, 0) is 9.59 Å². The summed E-state index contributed by atoms with van der Waals surface area (Å²) in [5.41, 5.74) is 3.36. The summed E-state index contributed by atoms with van der Waals surface area (Å²) in [5, 5.41) is 5.81. The molecule has 0 spiro atoms. The van der Waals surface area contributed by atoms with Gasteiger partial charge in [-0.1, -0.05) is 27.5 Å². The Labute approximate surface area is 164 Å². The van der Waals surface area contributed by atoms with Crippen molar-refractivity contribution in [2.45, 2.75) is 25.7 Å². The number of carbonyl (C=O) groups excluding carboxylic acids is 2. The largest absolute Gasteiger partial charge is 0.326 e. The van der Waals surface area contributed by atoms with E-state index in [9.17, 15) is 9.59 Å². The Bertz CT molecular complexity index is 827. The molecule has 0 atom stereocenters. The van der Waals surface area contributed by atoms with Crippen LogP contribution in [0.1, 0.15) is 18.1 Å². The zero-order chi connectivity index (χ0) is 18.6. The maximum absolute atomic E-state index is 12.2. The number of hydrogen-bond acceptors (Lipinski definition) is 3. The second-order valence-corrected chi connectivity index (χ2v) is 7.86. The van der Waals surface area contributed by atoms with Crippen LogP contribution in [0.3, 0.4) is 0 Å². The Balaban J connectivity index is 1.99. The standard InChI is InChI=1S/C18H18BrClN2O2S/c1-10-7-17(11(2)6-14(10)19)25-9-18(24)22-16-5-4-13(8-15(16)20)21-12(3)23/h4-8H,9H2,1-3H3,(H,21,23)(H,22,24). The number of benzene rings is 2. The van der Waals surface area contributed by atoms with Crippen molar-refractivity contribution in [1.82, 2.24) is 0 Å². The lowest BCUT2D eigenvalue weighted by Crippen LogP contribution is -2.14. The van der Waals surface area contributed by atoms with Crippen LogP contribution in [-0.4, -0.2) is 17.6 Å². The molecule has 0 heterocycles. The van der Waals surface area contributed by atoms with Crippen molar-refractivity contribution in [3.05, 3.63) is 51.0 Å². The second kappa shape index (κ2) is 8.74. The Hall–Kier alpha value is -1.50. The summed E-state index contributed by atoms with van der Waals surface area (Å²) in [6.07, 6.45) is 0. The summed E-state index contributed by atoms with van der Waals surface area (Å²) in [7, 11) is 0. The highest BCUT2D eigenvalue weighted by Gasteiger charge is 2.10. The predicted octanol–water partition coefficient (Wildman–Crippen LogP) is 5.41. The van der Waals surface area contributed by atoms with Gasteiger partial charge in [-0.05, 0) is 55.3 Å². The summed E-state index contributed by atoms with van der Waals surface area (Å²) < 4.78 is 1.06. The van der Waals surface area contributed by atoms with Crippen LogP contribution in [0.4, 0.5) is 11.4 Å².